The van der Waals surface area contributed by atoms with Crippen LogP contribution in [0, 0.1) is 0 Å². The van der Waals surface area contributed by atoms with Gasteiger partial charge in [-0.3, -0.25) is 9.59 Å². The van der Waals surface area contributed by atoms with Gasteiger partial charge in [0, 0.05) is 33.7 Å². The van der Waals surface area contributed by atoms with Crippen LogP contribution in [0.2, 0.25) is 0 Å². The van der Waals surface area contributed by atoms with Crippen molar-refractivity contribution in [1.82, 2.24) is 9.59 Å². The summed E-state index contributed by atoms with van der Waals surface area (Å²) >= 11 is 1.04. The lowest BCUT2D eigenvalue weighted by Crippen LogP contribution is -2.12. The number of nitrogens with two attached hydrogens (primary N) is 2. The molecule has 0 unspecified atom stereocenters. The maximum atomic E-state index is 12.2. The van der Waals surface area contributed by atoms with E-state index in [0.717, 1.165) is 22.9 Å². The molecule has 0 bridgehead atoms. The van der Waals surface area contributed by atoms with Crippen molar-refractivity contribution >= 4 is 46.1 Å². The van der Waals surface area contributed by atoms with Crippen LogP contribution in [0.1, 0.15) is 46.8 Å². The first-order valence-corrected chi connectivity index (χ1v) is 12.7. The normalized spacial score (nSPS) is 10.8. The third kappa shape index (κ3) is 7.11. The van der Waals surface area contributed by atoms with Crippen LogP contribution in [0.3, 0.4) is 0 Å². The Morgan fingerprint density at radius 1 is 0.821 bits per heavy atom. The van der Waals surface area contributed by atoms with Gasteiger partial charge in [-0.05, 0) is 78.3 Å². The molecule has 5 aromatic rings. The number of carbonyl (C=O) groups excluding carboxylic acids is 2. The fraction of sp³-hybridized carbons (Fsp3) is 0.143. The van der Waals surface area contributed by atoms with Gasteiger partial charge in [0.15, 0.2) is 5.76 Å². The van der Waals surface area contributed by atoms with Gasteiger partial charge in [-0.1, -0.05) is 25.3 Å². The molecule has 0 aliphatic rings. The van der Waals surface area contributed by atoms with Crippen LogP contribution in [0.15, 0.2) is 88.1 Å². The molecule has 10 nitrogen and oxygen atoms in total. The number of rotatable bonds is 5. The number of nitrogen functional groups attached to an aromatic ring is 2. The molecule has 0 aliphatic carbocycles. The fourth-order valence-electron chi connectivity index (χ4n) is 3.30. The molecule has 0 saturated heterocycles. The molecule has 6 N–H and O–H groups in total. The maximum Gasteiger partial charge on any atom is 0.291 e. The van der Waals surface area contributed by atoms with Crippen molar-refractivity contribution < 1.29 is 18.4 Å². The highest BCUT2D eigenvalue weighted by Gasteiger charge is 2.21. The molecule has 0 radical (unpaired) electrons. The summed E-state index contributed by atoms with van der Waals surface area (Å²) in [5, 5.41) is 9.50. The lowest BCUT2D eigenvalue weighted by molar-refractivity contribution is 0.0991. The Morgan fingerprint density at radius 3 is 1.92 bits per heavy atom. The molecule has 2 amide bonds. The topological polar surface area (TPSA) is 162 Å². The Labute approximate surface area is 229 Å². The number of benzene rings is 2. The maximum absolute atomic E-state index is 12.2. The van der Waals surface area contributed by atoms with Crippen LogP contribution in [-0.2, 0) is 5.41 Å². The Morgan fingerprint density at radius 2 is 1.41 bits per heavy atom. The number of hydrogen-bond donors (Lipinski definition) is 4. The summed E-state index contributed by atoms with van der Waals surface area (Å²) in [6.45, 7) is 6.11. The van der Waals surface area contributed by atoms with E-state index in [1.807, 2.05) is 26.8 Å². The van der Waals surface area contributed by atoms with Crippen molar-refractivity contribution in [2.24, 2.45) is 0 Å². The lowest BCUT2D eigenvalue weighted by Gasteiger charge is -2.14. The standard InChI is InChI=1S/C15H18N2O2.C13H10N4O2S/c1-15(2,3)13-9-8-12(19-13)14(18)17-11-6-4-10(16)5-7-11;14-9-1-3-10(4-2-9)15-13(18)12-11(16-17-20-12)8-5-6-19-7-8/h4-9H,16H2,1-3H3,(H,17,18);1-7H,14H2,(H,15,18). The monoisotopic (exact) mass is 544 g/mol. The summed E-state index contributed by atoms with van der Waals surface area (Å²) < 4.78 is 14.4. The zero-order chi connectivity index (χ0) is 28.0. The average Bonchev–Trinajstić information content (AvgIpc) is 3.68. The largest absolute Gasteiger partial charge is 0.472 e. The van der Waals surface area contributed by atoms with Crippen molar-refractivity contribution in [2.75, 3.05) is 22.1 Å². The number of carbonyl (C=O) groups is 2. The predicted molar refractivity (Wildman–Crippen MR) is 153 cm³/mol. The predicted octanol–water partition coefficient (Wildman–Crippen LogP) is 6.04. The van der Waals surface area contributed by atoms with Gasteiger partial charge in [0.25, 0.3) is 11.8 Å². The molecule has 200 valence electrons. The van der Waals surface area contributed by atoms with Gasteiger partial charge in [0.2, 0.25) is 0 Å². The van der Waals surface area contributed by atoms with Gasteiger partial charge in [-0.2, -0.15) is 0 Å². The van der Waals surface area contributed by atoms with E-state index in [1.54, 1.807) is 60.7 Å². The molecule has 0 aliphatic heterocycles. The molecule has 0 fully saturated rings. The smallest absolute Gasteiger partial charge is 0.291 e. The van der Waals surface area contributed by atoms with Crippen LogP contribution < -0.4 is 22.1 Å². The van der Waals surface area contributed by atoms with E-state index in [1.165, 1.54) is 12.5 Å². The second-order valence-corrected chi connectivity index (χ2v) is 10.3. The van der Waals surface area contributed by atoms with Crippen molar-refractivity contribution in [3.8, 4) is 11.3 Å². The van der Waals surface area contributed by atoms with Gasteiger partial charge in [-0.25, -0.2) is 0 Å². The Bertz CT molecular complexity index is 1530. The molecule has 3 aromatic heterocycles. The number of aromatic nitrogens is 2. The van der Waals surface area contributed by atoms with Crippen LogP contribution in [0.5, 0.6) is 0 Å². The number of amides is 2. The SMILES string of the molecule is CC(C)(C)c1ccc(C(=O)Nc2ccc(N)cc2)o1.Nc1ccc(NC(=O)c2snnc2-c2ccoc2)cc1. The second kappa shape index (κ2) is 11.7. The summed E-state index contributed by atoms with van der Waals surface area (Å²) in [5.74, 6) is 0.568. The van der Waals surface area contributed by atoms with E-state index in [4.69, 9.17) is 20.3 Å². The quantitative estimate of drug-likeness (QED) is 0.194. The van der Waals surface area contributed by atoms with Crippen molar-refractivity contribution in [3.63, 3.8) is 0 Å². The van der Waals surface area contributed by atoms with Gasteiger partial charge < -0.3 is 30.9 Å². The van der Waals surface area contributed by atoms with E-state index < -0.39 is 0 Å². The Hall–Kier alpha value is -4.90. The molecule has 0 spiro atoms. The van der Waals surface area contributed by atoms with E-state index >= 15 is 0 Å². The van der Waals surface area contributed by atoms with Crippen LogP contribution >= 0.6 is 11.5 Å². The van der Waals surface area contributed by atoms with Crippen LogP contribution in [0.4, 0.5) is 22.7 Å². The summed E-state index contributed by atoms with van der Waals surface area (Å²) in [4.78, 5) is 24.7. The van der Waals surface area contributed by atoms with Crippen LogP contribution in [0.25, 0.3) is 11.3 Å². The van der Waals surface area contributed by atoms with Gasteiger partial charge >= 0.3 is 0 Å². The molecular formula is C28H28N6O4S. The minimum Gasteiger partial charge on any atom is -0.472 e. The lowest BCUT2D eigenvalue weighted by atomic mass is 9.94. The van der Waals surface area contributed by atoms with E-state index in [0.29, 0.717) is 39.1 Å². The van der Waals surface area contributed by atoms with Gasteiger partial charge in [0.1, 0.15) is 16.3 Å². The summed E-state index contributed by atoms with van der Waals surface area (Å²) in [6, 6.07) is 19.1. The number of anilines is 4. The third-order valence-electron chi connectivity index (χ3n) is 5.39. The fourth-order valence-corrected chi connectivity index (χ4v) is 3.89. The molecule has 39 heavy (non-hydrogen) atoms. The van der Waals surface area contributed by atoms with Gasteiger partial charge in [-0.15, -0.1) is 5.10 Å². The molecule has 11 heteroatoms. The van der Waals surface area contributed by atoms with E-state index in [9.17, 15) is 9.59 Å². The molecule has 0 saturated carbocycles. The van der Waals surface area contributed by atoms with Crippen LogP contribution in [-0.4, -0.2) is 21.4 Å². The van der Waals surface area contributed by atoms with Crippen molar-refractivity contribution in [2.45, 2.75) is 26.2 Å². The summed E-state index contributed by atoms with van der Waals surface area (Å²) in [7, 11) is 0. The Kier molecular flexibility index (Phi) is 8.11. The highest BCUT2D eigenvalue weighted by atomic mass is 32.1. The Balaban J connectivity index is 0.000000181. The summed E-state index contributed by atoms with van der Waals surface area (Å²) in [6.07, 6.45) is 3.05. The summed E-state index contributed by atoms with van der Waals surface area (Å²) in [5.41, 5.74) is 15.0. The highest BCUT2D eigenvalue weighted by Crippen LogP contribution is 2.26. The zero-order valence-corrected chi connectivity index (χ0v) is 22.4. The first-order valence-electron chi connectivity index (χ1n) is 11.9. The number of hydrogen-bond acceptors (Lipinski definition) is 9. The number of furan rings is 2. The number of nitrogens with zero attached hydrogens (tertiary/aromatic N) is 2. The molecule has 3 heterocycles. The molecule has 5 rings (SSSR count). The highest BCUT2D eigenvalue weighted by molar-refractivity contribution is 7.08. The van der Waals surface area contributed by atoms with Crippen molar-refractivity contribution in [3.05, 3.63) is 95.7 Å². The first kappa shape index (κ1) is 27.1. The number of nitrogens with one attached hydrogen (secondary N) is 2. The second-order valence-electron chi connectivity index (χ2n) is 9.53. The zero-order valence-electron chi connectivity index (χ0n) is 21.6. The first-order chi connectivity index (χ1) is 18.6. The molecular weight excluding hydrogens is 516 g/mol. The molecule has 2 aromatic carbocycles. The van der Waals surface area contributed by atoms with Crippen molar-refractivity contribution in [1.29, 1.82) is 0 Å². The minimum atomic E-state index is -0.264. The third-order valence-corrected chi connectivity index (χ3v) is 6.12. The van der Waals surface area contributed by atoms with E-state index in [-0.39, 0.29) is 17.2 Å². The van der Waals surface area contributed by atoms with E-state index in [2.05, 4.69) is 20.2 Å². The van der Waals surface area contributed by atoms with Gasteiger partial charge in [0.05, 0.1) is 12.5 Å². The average molecular weight is 545 g/mol. The molecule has 0 atom stereocenters. The minimum absolute atomic E-state index is 0.111.